The Morgan fingerprint density at radius 2 is 1.66 bits per heavy atom. The van der Waals surface area contributed by atoms with Gasteiger partial charge in [0.1, 0.15) is 16.9 Å². The van der Waals surface area contributed by atoms with Crippen LogP contribution in [0.25, 0.3) is 21.8 Å². The lowest BCUT2D eigenvalue weighted by Crippen LogP contribution is -2.39. The molecular weight excluding hydrogens is 639 g/mol. The molecule has 12 heteroatoms. The van der Waals surface area contributed by atoms with Crippen molar-refractivity contribution in [3.63, 3.8) is 0 Å². The molecule has 11 nitrogen and oxygen atoms in total. The lowest BCUT2D eigenvalue weighted by molar-refractivity contribution is 0.0920. The van der Waals surface area contributed by atoms with E-state index in [0.29, 0.717) is 28.6 Å². The van der Waals surface area contributed by atoms with Crippen molar-refractivity contribution in [2.75, 3.05) is 13.2 Å². The average Bonchev–Trinajstić information content (AvgIpc) is 3.88. The maximum absolute atomic E-state index is 13.8. The van der Waals surface area contributed by atoms with Crippen LogP contribution in [0.4, 0.5) is 4.39 Å². The molecule has 7 rings (SSSR count). The molecule has 4 N–H and O–H groups in total. The number of halogens is 1. The fourth-order valence-electron chi connectivity index (χ4n) is 6.83. The number of carbonyl (C=O) groups excluding carboxylic acids is 2. The molecule has 50 heavy (non-hydrogen) atoms. The van der Waals surface area contributed by atoms with Crippen LogP contribution in [0.1, 0.15) is 63.3 Å². The van der Waals surface area contributed by atoms with Crippen LogP contribution in [0.2, 0.25) is 0 Å². The topological polar surface area (TPSA) is 143 Å². The van der Waals surface area contributed by atoms with E-state index in [1.165, 1.54) is 33.7 Å². The highest BCUT2D eigenvalue weighted by atomic mass is 19.1. The summed E-state index contributed by atoms with van der Waals surface area (Å²) in [5, 5.41) is 7.09. The second-order valence-electron chi connectivity index (χ2n) is 13.2. The second-order valence-corrected chi connectivity index (χ2v) is 13.2. The number of carbonyl (C=O) groups is 2. The summed E-state index contributed by atoms with van der Waals surface area (Å²) in [6, 6.07) is 18.6. The molecule has 0 saturated carbocycles. The Morgan fingerprint density at radius 3 is 2.40 bits per heavy atom. The van der Waals surface area contributed by atoms with E-state index in [4.69, 9.17) is 4.74 Å². The van der Waals surface area contributed by atoms with Gasteiger partial charge in [-0.2, -0.15) is 0 Å². The van der Waals surface area contributed by atoms with Crippen LogP contribution < -0.4 is 21.8 Å². The van der Waals surface area contributed by atoms with Crippen LogP contribution in [-0.4, -0.2) is 50.2 Å². The van der Waals surface area contributed by atoms with E-state index in [-0.39, 0.29) is 76.5 Å². The first-order valence-electron chi connectivity index (χ1n) is 16.5. The van der Waals surface area contributed by atoms with E-state index in [9.17, 15) is 23.6 Å². The number of rotatable bonds is 9. The normalized spacial score (nSPS) is 16.7. The highest BCUT2D eigenvalue weighted by molar-refractivity contribution is 6.07. The van der Waals surface area contributed by atoms with Gasteiger partial charge in [0.2, 0.25) is 0 Å². The molecule has 0 bridgehead atoms. The number of amides is 2. The fourth-order valence-corrected chi connectivity index (χ4v) is 6.83. The Labute approximate surface area is 286 Å². The van der Waals surface area contributed by atoms with Gasteiger partial charge in [0.25, 0.3) is 22.9 Å². The van der Waals surface area contributed by atoms with Gasteiger partial charge in [0.15, 0.2) is 0 Å². The zero-order valence-corrected chi connectivity index (χ0v) is 27.8. The molecule has 256 valence electrons. The van der Waals surface area contributed by atoms with Crippen LogP contribution >= 0.6 is 0 Å². The third-order valence-electron chi connectivity index (χ3n) is 9.45. The van der Waals surface area contributed by atoms with E-state index in [0.717, 1.165) is 11.1 Å². The van der Waals surface area contributed by atoms with Gasteiger partial charge < -0.3 is 34.5 Å². The summed E-state index contributed by atoms with van der Waals surface area (Å²) in [7, 11) is 1.56. The summed E-state index contributed by atoms with van der Waals surface area (Å²) >= 11 is 0. The molecular formula is C38H37FN6O5. The van der Waals surface area contributed by atoms with E-state index in [2.05, 4.69) is 20.6 Å². The zero-order chi connectivity index (χ0) is 35.1. The van der Waals surface area contributed by atoms with Crippen molar-refractivity contribution in [3.05, 3.63) is 140 Å². The monoisotopic (exact) mass is 676 g/mol. The Hall–Kier alpha value is -5.75. The number of aryl methyl sites for hydroxylation is 1. The molecule has 5 heterocycles. The van der Waals surface area contributed by atoms with Gasteiger partial charge in [0.05, 0.1) is 43.0 Å². The molecule has 0 radical (unpaired) electrons. The molecule has 1 aliphatic rings. The number of fused-ring (bicyclic) bond motifs is 2. The molecule has 2 unspecified atom stereocenters. The first-order valence-corrected chi connectivity index (χ1v) is 16.5. The van der Waals surface area contributed by atoms with E-state index in [1.54, 1.807) is 37.5 Å². The van der Waals surface area contributed by atoms with Crippen LogP contribution in [-0.2, 0) is 18.3 Å². The van der Waals surface area contributed by atoms with Gasteiger partial charge in [-0.15, -0.1) is 0 Å². The summed E-state index contributed by atoms with van der Waals surface area (Å²) in [5.41, 5.74) is 2.70. The van der Waals surface area contributed by atoms with Crippen LogP contribution in [0.5, 0.6) is 0 Å². The molecule has 1 fully saturated rings. The summed E-state index contributed by atoms with van der Waals surface area (Å²) in [6.07, 6.45) is 4.64. The van der Waals surface area contributed by atoms with Gasteiger partial charge >= 0.3 is 0 Å². The standard InChI is InChI=1S/C38H37FN6O5/c1-21(2)32(23-7-5-4-6-8-23)43-36(47)29-18-45(38(49)33-26(29)13-14-40-33)16-25-15-27-28(17-44(3)37(48)34(27)41-25)35(46)42-31-20-50-19-30(31)22-9-11-24(39)12-10-22/h4-15,17-18,21,30-32,40-41H,16,19-20H2,1-3H3,(H,42,46)(H,43,47)/t30-,31?,32?/m0/s1. The van der Waals surface area contributed by atoms with Crippen LogP contribution in [0.15, 0.2) is 94.9 Å². The Kier molecular flexibility index (Phi) is 8.71. The summed E-state index contributed by atoms with van der Waals surface area (Å²) < 4.78 is 22.0. The molecule has 3 atom stereocenters. The predicted octanol–water partition coefficient (Wildman–Crippen LogP) is 4.74. The van der Waals surface area contributed by atoms with Gasteiger partial charge in [-0.3, -0.25) is 19.2 Å². The first-order chi connectivity index (χ1) is 24.1. The molecule has 1 aliphatic heterocycles. The summed E-state index contributed by atoms with van der Waals surface area (Å²) in [5.74, 6) is -1.15. The highest BCUT2D eigenvalue weighted by Gasteiger charge is 2.32. The third-order valence-corrected chi connectivity index (χ3v) is 9.45. The zero-order valence-electron chi connectivity index (χ0n) is 27.8. The molecule has 6 aromatic rings. The van der Waals surface area contributed by atoms with Crippen molar-refractivity contribution in [2.45, 2.75) is 38.4 Å². The van der Waals surface area contributed by atoms with E-state index in [1.807, 2.05) is 44.2 Å². The number of ether oxygens (including phenoxy) is 1. The number of H-pyrrole nitrogens is 2. The third kappa shape index (κ3) is 6.14. The number of aromatic amines is 2. The minimum atomic E-state index is -0.402. The van der Waals surface area contributed by atoms with Gasteiger partial charge in [0, 0.05) is 48.0 Å². The van der Waals surface area contributed by atoms with Crippen molar-refractivity contribution in [1.82, 2.24) is 29.7 Å². The first kappa shape index (κ1) is 32.8. The maximum atomic E-state index is 13.8. The number of pyridine rings is 2. The van der Waals surface area contributed by atoms with E-state index >= 15 is 0 Å². The van der Waals surface area contributed by atoms with Crippen LogP contribution in [0.3, 0.4) is 0 Å². The summed E-state index contributed by atoms with van der Waals surface area (Å²) in [4.78, 5) is 60.5. The van der Waals surface area contributed by atoms with Crippen molar-refractivity contribution >= 4 is 33.6 Å². The maximum Gasteiger partial charge on any atom is 0.275 e. The number of nitrogens with zero attached hydrogens (tertiary/aromatic N) is 2. The molecule has 4 aromatic heterocycles. The molecule has 2 aromatic carbocycles. The smallest absolute Gasteiger partial charge is 0.275 e. The van der Waals surface area contributed by atoms with Crippen molar-refractivity contribution < 1.29 is 18.7 Å². The Bertz CT molecular complexity index is 2340. The number of aromatic nitrogens is 4. The average molecular weight is 677 g/mol. The Balaban J connectivity index is 1.20. The quantitative estimate of drug-likeness (QED) is 0.175. The van der Waals surface area contributed by atoms with Crippen molar-refractivity contribution in [1.29, 1.82) is 0 Å². The fraction of sp³-hybridized carbons (Fsp3) is 0.263. The Morgan fingerprint density at radius 1 is 0.920 bits per heavy atom. The lowest BCUT2D eigenvalue weighted by atomic mass is 9.94. The number of nitrogens with one attached hydrogen (secondary N) is 4. The number of hydrogen-bond acceptors (Lipinski definition) is 5. The van der Waals surface area contributed by atoms with Gasteiger partial charge in [-0.25, -0.2) is 4.39 Å². The minimum Gasteiger partial charge on any atom is -0.379 e. The van der Waals surface area contributed by atoms with Crippen LogP contribution in [0, 0.1) is 11.7 Å². The number of benzene rings is 2. The van der Waals surface area contributed by atoms with Gasteiger partial charge in [-0.05, 0) is 41.3 Å². The molecule has 2 amide bonds. The summed E-state index contributed by atoms with van der Waals surface area (Å²) in [6.45, 7) is 4.72. The van der Waals surface area contributed by atoms with Crippen molar-refractivity contribution in [3.8, 4) is 0 Å². The molecule has 0 aliphatic carbocycles. The molecule has 0 spiro atoms. The van der Waals surface area contributed by atoms with Gasteiger partial charge in [-0.1, -0.05) is 56.3 Å². The second kappa shape index (κ2) is 13.3. The predicted molar refractivity (Wildman–Crippen MR) is 188 cm³/mol. The van der Waals surface area contributed by atoms with Crippen molar-refractivity contribution in [2.24, 2.45) is 13.0 Å². The minimum absolute atomic E-state index is 0.00235. The van der Waals surface area contributed by atoms with E-state index < -0.39 is 5.91 Å². The molecule has 1 saturated heterocycles. The largest absolute Gasteiger partial charge is 0.379 e. The SMILES string of the molecule is CC(C)C(NC(=O)c1cn(Cc2cc3c(C(=O)NC4COC[C@H]4c4ccc(F)cc4)cn(C)c(=O)c3[nH]2)c(=O)c2[nH]ccc12)c1ccccc1. The highest BCUT2D eigenvalue weighted by Crippen LogP contribution is 2.28. The number of hydrogen-bond donors (Lipinski definition) is 4. The lowest BCUT2D eigenvalue weighted by Gasteiger charge is -2.23.